The topological polar surface area (TPSA) is 72.0 Å². The molecule has 0 heterocycles. The van der Waals surface area contributed by atoms with Crippen LogP contribution >= 0.6 is 0 Å². The van der Waals surface area contributed by atoms with Gasteiger partial charge in [0.2, 0.25) is 0 Å². The van der Waals surface area contributed by atoms with Gasteiger partial charge >= 0.3 is 5.97 Å². The lowest BCUT2D eigenvalue weighted by Gasteiger charge is -2.11. The third kappa shape index (κ3) is 15.6. The Bertz CT molecular complexity index is 333. The van der Waals surface area contributed by atoms with Gasteiger partial charge in [-0.15, -0.1) is 0 Å². The molecule has 0 aromatic carbocycles. The number of nitrogens with zero attached hydrogens (tertiary/aromatic N) is 1. The maximum Gasteiger partial charge on any atom is 0.305 e. The van der Waals surface area contributed by atoms with Crippen LogP contribution < -0.4 is 10.6 Å². The second-order valence-electron chi connectivity index (χ2n) is 6.25. The fourth-order valence-corrected chi connectivity index (χ4v) is 2.07. The van der Waals surface area contributed by atoms with Crippen molar-refractivity contribution in [1.29, 1.82) is 0 Å². The summed E-state index contributed by atoms with van der Waals surface area (Å²) in [6.07, 6.45) is 5.59. The predicted octanol–water partition coefficient (Wildman–Crippen LogP) is 2.73. The molecule has 0 atom stereocenters. The average Bonchev–Trinajstić information content (AvgIpc) is 2.56. The number of aliphatic imine (C=N–C) groups is 1. The molecule has 142 valence electrons. The minimum absolute atomic E-state index is 0.118. The first-order chi connectivity index (χ1) is 11.6. The molecule has 0 aliphatic carbocycles. The van der Waals surface area contributed by atoms with E-state index in [4.69, 9.17) is 4.74 Å². The molecule has 0 saturated heterocycles. The van der Waals surface area contributed by atoms with Gasteiger partial charge in [-0.3, -0.25) is 9.79 Å². The number of carbonyl (C=O) groups excluding carboxylic acids is 1. The molecule has 0 aliphatic heterocycles. The lowest BCUT2D eigenvalue weighted by Crippen LogP contribution is -2.37. The Labute approximate surface area is 147 Å². The van der Waals surface area contributed by atoms with Gasteiger partial charge in [-0.2, -0.15) is 0 Å². The third-order valence-corrected chi connectivity index (χ3v) is 3.34. The number of unbranched alkanes of at least 4 members (excludes halogenated alkanes) is 3. The molecule has 0 radical (unpaired) electrons. The van der Waals surface area contributed by atoms with Crippen molar-refractivity contribution in [3.05, 3.63) is 0 Å². The number of nitrogens with one attached hydrogen (secondary N) is 2. The van der Waals surface area contributed by atoms with Crippen LogP contribution in [0, 0.1) is 5.92 Å². The molecule has 0 aromatic heterocycles. The van der Waals surface area contributed by atoms with Gasteiger partial charge in [0.05, 0.1) is 7.11 Å². The van der Waals surface area contributed by atoms with Gasteiger partial charge in [0, 0.05) is 39.3 Å². The largest absolute Gasteiger partial charge is 0.469 e. The number of guanidine groups is 1. The molecule has 0 bridgehead atoms. The van der Waals surface area contributed by atoms with E-state index >= 15 is 0 Å². The fraction of sp³-hybridized carbons (Fsp3) is 0.889. The second kappa shape index (κ2) is 16.6. The zero-order chi connectivity index (χ0) is 18.0. The van der Waals surface area contributed by atoms with Crippen molar-refractivity contribution in [1.82, 2.24) is 10.6 Å². The molecule has 6 nitrogen and oxygen atoms in total. The summed E-state index contributed by atoms with van der Waals surface area (Å²) in [6.45, 7) is 10.5. The number of carbonyl (C=O) groups is 1. The molecular weight excluding hydrogens is 306 g/mol. The average molecular weight is 344 g/mol. The van der Waals surface area contributed by atoms with E-state index in [0.29, 0.717) is 12.3 Å². The number of hydrogen-bond donors (Lipinski definition) is 2. The first-order valence-electron chi connectivity index (χ1n) is 9.26. The van der Waals surface area contributed by atoms with E-state index in [-0.39, 0.29) is 5.97 Å². The summed E-state index contributed by atoms with van der Waals surface area (Å²) in [4.78, 5) is 15.5. The SMILES string of the molecule is CCNC(=NCCCOCC(C)C)NCCCCCCC(=O)OC. The van der Waals surface area contributed by atoms with Crippen LogP contribution in [-0.4, -0.2) is 51.9 Å². The maximum atomic E-state index is 11.0. The summed E-state index contributed by atoms with van der Waals surface area (Å²) in [7, 11) is 1.43. The Morgan fingerprint density at radius 1 is 1.08 bits per heavy atom. The highest BCUT2D eigenvalue weighted by atomic mass is 16.5. The fourth-order valence-electron chi connectivity index (χ4n) is 2.07. The van der Waals surface area contributed by atoms with Crippen molar-refractivity contribution in [2.24, 2.45) is 10.9 Å². The minimum Gasteiger partial charge on any atom is -0.469 e. The van der Waals surface area contributed by atoms with Crippen molar-refractivity contribution >= 4 is 11.9 Å². The Morgan fingerprint density at radius 3 is 2.50 bits per heavy atom. The highest BCUT2D eigenvalue weighted by Gasteiger charge is 2.00. The van der Waals surface area contributed by atoms with Crippen LogP contribution in [0.2, 0.25) is 0 Å². The van der Waals surface area contributed by atoms with Crippen molar-refractivity contribution in [2.75, 3.05) is 40.0 Å². The quantitative estimate of drug-likeness (QED) is 0.220. The molecule has 0 aromatic rings. The van der Waals surface area contributed by atoms with E-state index in [9.17, 15) is 4.79 Å². The van der Waals surface area contributed by atoms with Gasteiger partial charge in [-0.05, 0) is 32.1 Å². The normalized spacial score (nSPS) is 11.6. The van der Waals surface area contributed by atoms with Crippen molar-refractivity contribution in [3.63, 3.8) is 0 Å². The summed E-state index contributed by atoms with van der Waals surface area (Å²) >= 11 is 0. The molecule has 0 fully saturated rings. The Hall–Kier alpha value is -1.30. The predicted molar refractivity (Wildman–Crippen MR) is 99.4 cm³/mol. The molecule has 6 heteroatoms. The monoisotopic (exact) mass is 343 g/mol. The molecule has 0 aliphatic rings. The Kier molecular flexibility index (Phi) is 15.7. The molecule has 24 heavy (non-hydrogen) atoms. The van der Waals surface area contributed by atoms with Gasteiger partial charge in [-0.25, -0.2) is 0 Å². The Balaban J connectivity index is 3.67. The summed E-state index contributed by atoms with van der Waals surface area (Å²) in [5, 5.41) is 6.60. The molecule has 0 amide bonds. The first-order valence-corrected chi connectivity index (χ1v) is 9.26. The lowest BCUT2D eigenvalue weighted by molar-refractivity contribution is -0.140. The van der Waals surface area contributed by atoms with Gasteiger partial charge in [0.1, 0.15) is 0 Å². The van der Waals surface area contributed by atoms with Crippen LogP contribution in [0.15, 0.2) is 4.99 Å². The standard InChI is InChI=1S/C18H37N3O3/c1-5-19-18(21-13-10-14-24-15-16(2)3)20-12-9-7-6-8-11-17(22)23-4/h16H,5-15H2,1-4H3,(H2,19,20,21). The Morgan fingerprint density at radius 2 is 1.83 bits per heavy atom. The number of rotatable bonds is 14. The van der Waals surface area contributed by atoms with E-state index in [2.05, 4.69) is 41.1 Å². The first kappa shape index (κ1) is 22.7. The van der Waals surface area contributed by atoms with E-state index in [1.54, 1.807) is 0 Å². The van der Waals surface area contributed by atoms with Crippen LogP contribution in [-0.2, 0) is 14.3 Å². The third-order valence-electron chi connectivity index (χ3n) is 3.34. The smallest absolute Gasteiger partial charge is 0.305 e. The molecule has 0 spiro atoms. The summed E-state index contributed by atoms with van der Waals surface area (Å²) < 4.78 is 10.2. The summed E-state index contributed by atoms with van der Waals surface area (Å²) in [5.74, 6) is 1.34. The van der Waals surface area contributed by atoms with Crippen LogP contribution in [0.5, 0.6) is 0 Å². The highest BCUT2D eigenvalue weighted by Crippen LogP contribution is 2.03. The molecule has 0 rings (SSSR count). The zero-order valence-electron chi connectivity index (χ0n) is 16.0. The molecule has 0 unspecified atom stereocenters. The zero-order valence-corrected chi connectivity index (χ0v) is 16.0. The summed E-state index contributed by atoms with van der Waals surface area (Å²) in [6, 6.07) is 0. The van der Waals surface area contributed by atoms with E-state index in [1.807, 2.05) is 0 Å². The molecule has 0 saturated carbocycles. The second-order valence-corrected chi connectivity index (χ2v) is 6.25. The van der Waals surface area contributed by atoms with E-state index < -0.39 is 0 Å². The molecular formula is C18H37N3O3. The van der Waals surface area contributed by atoms with Crippen LogP contribution in [0.25, 0.3) is 0 Å². The van der Waals surface area contributed by atoms with E-state index in [1.165, 1.54) is 7.11 Å². The maximum absolute atomic E-state index is 11.0. The highest BCUT2D eigenvalue weighted by molar-refractivity contribution is 5.79. The lowest BCUT2D eigenvalue weighted by atomic mass is 10.1. The van der Waals surface area contributed by atoms with Crippen molar-refractivity contribution < 1.29 is 14.3 Å². The van der Waals surface area contributed by atoms with Gasteiger partial charge in [0.25, 0.3) is 0 Å². The van der Waals surface area contributed by atoms with Gasteiger partial charge in [-0.1, -0.05) is 26.7 Å². The van der Waals surface area contributed by atoms with Gasteiger partial charge < -0.3 is 20.1 Å². The van der Waals surface area contributed by atoms with Crippen LogP contribution in [0.4, 0.5) is 0 Å². The van der Waals surface area contributed by atoms with E-state index in [0.717, 1.165) is 70.9 Å². The number of hydrogen-bond acceptors (Lipinski definition) is 4. The van der Waals surface area contributed by atoms with Crippen molar-refractivity contribution in [2.45, 2.75) is 59.3 Å². The number of methoxy groups -OCH3 is 1. The van der Waals surface area contributed by atoms with Crippen LogP contribution in [0.1, 0.15) is 59.3 Å². The number of esters is 1. The number of ether oxygens (including phenoxy) is 2. The van der Waals surface area contributed by atoms with Crippen molar-refractivity contribution in [3.8, 4) is 0 Å². The van der Waals surface area contributed by atoms with Gasteiger partial charge in [0.15, 0.2) is 5.96 Å². The minimum atomic E-state index is -0.118. The van der Waals surface area contributed by atoms with Crippen LogP contribution in [0.3, 0.4) is 0 Å². The summed E-state index contributed by atoms with van der Waals surface area (Å²) in [5.41, 5.74) is 0. The molecule has 2 N–H and O–H groups in total.